The number of aliphatic hydroxyl groups is 2. The van der Waals surface area contributed by atoms with E-state index in [1.807, 2.05) is 19.9 Å². The summed E-state index contributed by atoms with van der Waals surface area (Å²) in [4.78, 5) is 37.0. The van der Waals surface area contributed by atoms with Gasteiger partial charge in [-0.2, -0.15) is 0 Å². The predicted octanol–water partition coefficient (Wildman–Crippen LogP) is -0.113. The number of hydrogen-bond donors (Lipinski definition) is 5. The van der Waals surface area contributed by atoms with Gasteiger partial charge in [0, 0.05) is 12.5 Å². The summed E-state index contributed by atoms with van der Waals surface area (Å²) in [5.41, 5.74) is -1.70. The number of amides is 3. The second-order valence-corrected chi connectivity index (χ2v) is 12.6. The van der Waals surface area contributed by atoms with Crippen molar-refractivity contribution in [2.45, 2.75) is 57.2 Å². The van der Waals surface area contributed by atoms with E-state index in [0.29, 0.717) is 13.0 Å². The molecule has 1 aromatic carbocycles. The number of hydrogen-bond acceptors (Lipinski definition) is 9. The summed E-state index contributed by atoms with van der Waals surface area (Å²) in [6, 6.07) is 6.27. The second kappa shape index (κ2) is 16.5. The van der Waals surface area contributed by atoms with Gasteiger partial charge in [0.2, 0.25) is 11.8 Å². The molecule has 14 heteroatoms. The smallest absolute Gasteiger partial charge is 0.408 e. The highest BCUT2D eigenvalue weighted by atomic mass is 32.2. The molecule has 228 valence electrons. The van der Waals surface area contributed by atoms with Crippen LogP contribution < -0.4 is 16.0 Å². The molecular weight excluding hydrogens is 544 g/mol. The number of ether oxygens (including phenoxy) is 1. The lowest BCUT2D eigenvalue weighted by Gasteiger charge is -2.29. The van der Waals surface area contributed by atoms with Crippen molar-refractivity contribution >= 4 is 28.0 Å². The second-order valence-electron chi connectivity index (χ2n) is 11.1. The van der Waals surface area contributed by atoms with Crippen LogP contribution in [0.2, 0.25) is 0 Å². The van der Waals surface area contributed by atoms with Gasteiger partial charge < -0.3 is 39.9 Å². The maximum atomic E-state index is 12.9. The highest BCUT2D eigenvalue weighted by Gasteiger charge is 2.35. The molecule has 1 fully saturated rings. The minimum atomic E-state index is -5.17. The third-order valence-corrected chi connectivity index (χ3v) is 6.89. The van der Waals surface area contributed by atoms with Crippen LogP contribution in [0.15, 0.2) is 30.3 Å². The Morgan fingerprint density at radius 2 is 1.80 bits per heavy atom. The normalized spacial score (nSPS) is 17.6. The Kier molecular flexibility index (Phi) is 14.5. The average molecular weight is 589 g/mol. The van der Waals surface area contributed by atoms with E-state index in [4.69, 9.17) is 9.84 Å². The number of alkyl carbamates (subject to hydrolysis) is 1. The molecule has 0 aromatic heterocycles. The lowest BCUT2D eigenvalue weighted by molar-refractivity contribution is -0.870. The van der Waals surface area contributed by atoms with Crippen LogP contribution in [0.5, 0.6) is 0 Å². The van der Waals surface area contributed by atoms with Crippen LogP contribution in [0.1, 0.15) is 38.7 Å². The number of nitrogens with zero attached hydrogens (tertiary/aromatic N) is 1. The molecule has 13 nitrogen and oxygen atoms in total. The number of rotatable bonds is 13. The summed E-state index contributed by atoms with van der Waals surface area (Å²) in [6.07, 6.45) is -0.546. The van der Waals surface area contributed by atoms with Gasteiger partial charge >= 0.3 is 6.09 Å². The van der Waals surface area contributed by atoms with Crippen molar-refractivity contribution in [1.29, 1.82) is 0 Å². The zero-order valence-electron chi connectivity index (χ0n) is 23.8. The van der Waals surface area contributed by atoms with Crippen molar-refractivity contribution in [3.05, 3.63) is 35.9 Å². The lowest BCUT2D eigenvalue weighted by atomic mass is 9.97. The molecule has 0 aliphatic carbocycles. The topological polar surface area (TPSA) is 194 Å². The maximum Gasteiger partial charge on any atom is 0.408 e. The van der Waals surface area contributed by atoms with E-state index in [2.05, 4.69) is 37.1 Å². The minimum absolute atomic E-state index is 0.0186. The van der Waals surface area contributed by atoms with Crippen molar-refractivity contribution in [3.8, 4) is 0 Å². The SMILES string of the molecule is CC(C)C[C@H](NC(=O)OCc1ccccc1)C(=O)N[C@@H](C[C@@H]1CCNC1=O)C(O)S(=O)(=O)[O-].C[N+](C)(C)CCO. The van der Waals surface area contributed by atoms with Gasteiger partial charge in [-0.15, -0.1) is 0 Å². The zero-order valence-corrected chi connectivity index (χ0v) is 24.6. The molecule has 1 heterocycles. The largest absolute Gasteiger partial charge is 0.746 e. The Labute approximate surface area is 236 Å². The summed E-state index contributed by atoms with van der Waals surface area (Å²) in [7, 11) is 0.985. The first-order valence-electron chi connectivity index (χ1n) is 13.1. The van der Waals surface area contributed by atoms with Crippen molar-refractivity contribution in [1.82, 2.24) is 16.0 Å². The molecule has 0 radical (unpaired) electrons. The van der Waals surface area contributed by atoms with E-state index in [1.54, 1.807) is 24.3 Å². The van der Waals surface area contributed by atoms with Crippen LogP contribution in [-0.2, 0) is 31.1 Å². The number of quaternary nitrogens is 1. The molecule has 2 rings (SSSR count). The molecule has 1 saturated heterocycles. The third-order valence-electron chi connectivity index (χ3n) is 5.97. The van der Waals surface area contributed by atoms with Gasteiger partial charge in [-0.25, -0.2) is 13.2 Å². The molecule has 1 unspecified atom stereocenters. The fraction of sp³-hybridized carbons (Fsp3) is 0.654. The Hall–Kier alpha value is -2.78. The minimum Gasteiger partial charge on any atom is -0.746 e. The number of carbonyl (C=O) groups is 3. The van der Waals surface area contributed by atoms with E-state index in [0.717, 1.165) is 16.6 Å². The third kappa shape index (κ3) is 14.0. The summed E-state index contributed by atoms with van der Waals surface area (Å²) >= 11 is 0. The van der Waals surface area contributed by atoms with Gasteiger partial charge in [0.25, 0.3) is 0 Å². The molecule has 1 aliphatic heterocycles. The number of likely N-dealkylation sites (N-methyl/N-ethyl adjacent to an activating group) is 1. The van der Waals surface area contributed by atoms with Gasteiger partial charge in [-0.3, -0.25) is 9.59 Å². The maximum absolute atomic E-state index is 12.9. The fourth-order valence-electron chi connectivity index (χ4n) is 3.82. The van der Waals surface area contributed by atoms with Crippen molar-refractivity contribution < 1.29 is 46.8 Å². The van der Waals surface area contributed by atoms with Crippen LogP contribution in [0.3, 0.4) is 0 Å². The van der Waals surface area contributed by atoms with Crippen molar-refractivity contribution in [2.75, 3.05) is 40.8 Å². The van der Waals surface area contributed by atoms with E-state index < -0.39 is 45.6 Å². The highest BCUT2D eigenvalue weighted by molar-refractivity contribution is 7.86. The highest BCUT2D eigenvalue weighted by Crippen LogP contribution is 2.20. The van der Waals surface area contributed by atoms with Gasteiger partial charge in [0.05, 0.1) is 33.8 Å². The van der Waals surface area contributed by atoms with E-state index in [9.17, 15) is 32.5 Å². The fourth-order valence-corrected chi connectivity index (χ4v) is 4.40. The molecule has 1 aromatic rings. The first-order valence-corrected chi connectivity index (χ1v) is 14.6. The first-order chi connectivity index (χ1) is 18.5. The Balaban J connectivity index is 0.00000101. The molecule has 3 amide bonds. The molecule has 40 heavy (non-hydrogen) atoms. The summed E-state index contributed by atoms with van der Waals surface area (Å²) in [5, 5.41) is 25.8. The molecule has 1 aliphatic rings. The van der Waals surface area contributed by atoms with E-state index in [1.165, 1.54) is 0 Å². The van der Waals surface area contributed by atoms with Gasteiger partial charge in [0.1, 0.15) is 29.3 Å². The standard InChI is InChI=1S/C21H31N3O8S.C5H14NO/c1-13(2)10-16(24-21(28)32-12-14-6-4-3-5-7-14)19(26)23-17(20(27)33(29,30)31)11-15-8-9-22-18(15)25;1-6(2,3)4-5-7/h3-7,13,15-17,20,27H,8-12H2,1-2H3,(H,22,25)(H,23,26)(H,24,28)(H,29,30,31);7H,4-5H2,1-3H3/q;+1/p-1/t15-,16-,17-,20?;/m0./s1. The van der Waals surface area contributed by atoms with E-state index in [-0.39, 0.29) is 37.9 Å². The number of nitrogens with one attached hydrogen (secondary N) is 3. The van der Waals surface area contributed by atoms with Crippen LogP contribution in [0.25, 0.3) is 0 Å². The summed E-state index contributed by atoms with van der Waals surface area (Å²) < 4.78 is 40.2. The summed E-state index contributed by atoms with van der Waals surface area (Å²) in [6.45, 7) is 5.09. The molecule has 0 bridgehead atoms. The molecular formula is C26H44N4O9S. The average Bonchev–Trinajstić information content (AvgIpc) is 3.25. The van der Waals surface area contributed by atoms with Crippen molar-refractivity contribution in [2.24, 2.45) is 11.8 Å². The lowest BCUT2D eigenvalue weighted by Crippen LogP contribution is -2.55. The number of aliphatic hydroxyl groups excluding tert-OH is 2. The van der Waals surface area contributed by atoms with E-state index >= 15 is 0 Å². The van der Waals surface area contributed by atoms with Gasteiger partial charge in [0.15, 0.2) is 5.44 Å². The molecule has 4 atom stereocenters. The van der Waals surface area contributed by atoms with Crippen LogP contribution >= 0.6 is 0 Å². The monoisotopic (exact) mass is 588 g/mol. The van der Waals surface area contributed by atoms with Crippen LogP contribution in [-0.4, -0.2) is 104 Å². The first kappa shape index (κ1) is 35.2. The number of carbonyl (C=O) groups excluding carboxylic acids is 3. The Bertz CT molecular complexity index is 1050. The Morgan fingerprint density at radius 1 is 1.18 bits per heavy atom. The van der Waals surface area contributed by atoms with Crippen LogP contribution in [0.4, 0.5) is 4.79 Å². The van der Waals surface area contributed by atoms with Gasteiger partial charge in [-0.05, 0) is 30.7 Å². The Morgan fingerprint density at radius 3 is 2.25 bits per heavy atom. The molecule has 5 N–H and O–H groups in total. The molecule has 0 spiro atoms. The quantitative estimate of drug-likeness (QED) is 0.154. The zero-order chi connectivity index (χ0) is 30.5. The number of benzene rings is 1. The van der Waals surface area contributed by atoms with Crippen LogP contribution in [0, 0.1) is 11.8 Å². The summed E-state index contributed by atoms with van der Waals surface area (Å²) in [5.74, 6) is -1.86. The predicted molar refractivity (Wildman–Crippen MR) is 146 cm³/mol. The van der Waals surface area contributed by atoms with Gasteiger partial charge in [-0.1, -0.05) is 44.2 Å². The molecule has 0 saturated carbocycles. The van der Waals surface area contributed by atoms with Crippen molar-refractivity contribution in [3.63, 3.8) is 0 Å².